The monoisotopic (exact) mass is 1740 g/mol. The van der Waals surface area contributed by atoms with Crippen LogP contribution in [0.4, 0.5) is 0 Å². The Morgan fingerprint density at radius 2 is 0.709 bits per heavy atom. The number of nitrogens with one attached hydrogen (secondary N) is 7. The summed E-state index contributed by atoms with van der Waals surface area (Å²) >= 11 is 3.40. The van der Waals surface area contributed by atoms with Gasteiger partial charge in [0.2, 0.25) is 41.4 Å². The quantitative estimate of drug-likeness (QED) is 0.0213. The molecule has 0 saturated heterocycles. The Morgan fingerprint density at radius 3 is 0.897 bits per heavy atom. The van der Waals surface area contributed by atoms with Gasteiger partial charge in [-0.2, -0.15) is 23.5 Å². The van der Waals surface area contributed by atoms with E-state index in [1.807, 2.05) is 80.0 Å². The van der Waals surface area contributed by atoms with Crippen molar-refractivity contribution < 1.29 is 144 Å². The molecule has 0 spiro atoms. The van der Waals surface area contributed by atoms with E-state index in [9.17, 15) is 76.7 Å². The summed E-state index contributed by atoms with van der Waals surface area (Å²) < 4.78 is 45.1. The average Bonchev–Trinajstić information content (AvgIpc) is 1.11. The number of carboxylic acids is 1. The molecule has 40 heteroatoms. The number of carbonyl (C=O) groups is 17. The molecule has 0 aliphatic heterocycles. The van der Waals surface area contributed by atoms with Gasteiger partial charge in [-0.25, -0.2) is 0 Å². The number of methoxy groups -OCH3 is 2. The van der Waals surface area contributed by atoms with E-state index in [1.165, 1.54) is 118 Å². The minimum atomic E-state index is -0.833. The first-order valence-electron chi connectivity index (χ1n) is 37.5. The van der Waals surface area contributed by atoms with E-state index in [0.717, 1.165) is 89.7 Å². The van der Waals surface area contributed by atoms with Crippen molar-refractivity contribution in [3.63, 3.8) is 0 Å². The van der Waals surface area contributed by atoms with Crippen LogP contribution in [0.15, 0.2) is 0 Å². The fourth-order valence-electron chi connectivity index (χ4n) is 4.20. The summed E-state index contributed by atoms with van der Waals surface area (Å²) in [5.74, 6) is -0.852. The zero-order chi connectivity index (χ0) is 96.0. The molecule has 0 rings (SSSR count). The molecule has 0 heterocycles. The van der Waals surface area contributed by atoms with Gasteiger partial charge in [-0.1, -0.05) is 40.5 Å². The highest BCUT2D eigenvalue weighted by Gasteiger charge is 1.97. The number of aliphatic hydroxyl groups excluding tert-OH is 2. The number of thioether (sulfide) groups is 2. The predicted molar refractivity (Wildman–Crippen MR) is 460 cm³/mol. The summed E-state index contributed by atoms with van der Waals surface area (Å²) in [6.45, 7) is 51.2. The second-order valence-electron chi connectivity index (χ2n) is 22.5. The Morgan fingerprint density at radius 1 is 0.368 bits per heavy atom. The minimum Gasteiger partial charge on any atom is -0.481 e. The van der Waals surface area contributed by atoms with Crippen LogP contribution in [0, 0.1) is 0 Å². The van der Waals surface area contributed by atoms with Crippen molar-refractivity contribution in [1.29, 1.82) is 0 Å². The first kappa shape index (κ1) is 150. The fraction of sp³-hybridized carbons (Fsp3) is 0.779. The first-order valence-corrected chi connectivity index (χ1v) is 40.3. The van der Waals surface area contributed by atoms with Crippen LogP contribution in [-0.4, -0.2) is 298 Å². The third-order valence-corrected chi connectivity index (χ3v) is 9.93. The summed E-state index contributed by atoms with van der Waals surface area (Å²) in [7, 11) is 8.38. The fourth-order valence-corrected chi connectivity index (χ4v) is 4.75. The lowest BCUT2D eigenvalue weighted by atomic mass is 10.3. The molecule has 0 unspecified atom stereocenters. The van der Waals surface area contributed by atoms with Crippen molar-refractivity contribution in [2.75, 3.05) is 165 Å². The van der Waals surface area contributed by atoms with E-state index in [-0.39, 0.29) is 127 Å². The number of unbranched alkanes of at least 4 members (excludes halogenated alkanes) is 2. The molecular weight excluding hydrogens is 1580 g/mol. The summed E-state index contributed by atoms with van der Waals surface area (Å²) in [6, 6.07) is 0.275. The van der Waals surface area contributed by atoms with Gasteiger partial charge in [-0.15, -0.1) is 0 Å². The molecule has 0 aromatic carbocycles. The van der Waals surface area contributed by atoms with Crippen LogP contribution in [0.25, 0.3) is 0 Å². The van der Waals surface area contributed by atoms with Crippen molar-refractivity contribution in [3.8, 4) is 0 Å². The Bertz CT molecular complexity index is 2070. The van der Waals surface area contributed by atoms with E-state index in [1.54, 1.807) is 44.6 Å². The van der Waals surface area contributed by atoms with Gasteiger partial charge in [0.05, 0.1) is 52.9 Å². The Hall–Kier alpha value is -8.47. The molecule has 0 fully saturated rings. The molecule has 10 N–H and O–H groups in total. The topological polar surface area (TPSA) is 531 Å². The van der Waals surface area contributed by atoms with E-state index in [4.69, 9.17) is 20.1 Å². The van der Waals surface area contributed by atoms with E-state index < -0.39 is 5.97 Å². The van der Waals surface area contributed by atoms with Gasteiger partial charge < -0.3 is 105 Å². The SMILES string of the molecule is CC(=O)NC(C)C.CC(=O)NCCO.CC(=O)O.CC(=O)OC(C)C.CC(=O)OCCN(C)C.CC(=O)OCCO.CCCCNC(C)=O.CCCCOC(C)=O.CCCNC(C)=O.CCCOC(C)=O.CCNC(C)=O.CCOC(C)=O.CNC(C)=O.COC(C)=O.COCCOC(C)=O.CSCCNC(C)=O.CSCCOC(C)=O. The highest BCUT2D eigenvalue weighted by Crippen LogP contribution is 1.91. The van der Waals surface area contributed by atoms with Gasteiger partial charge in [-0.05, 0) is 93.8 Å². The minimum absolute atomic E-state index is 0.00463. The van der Waals surface area contributed by atoms with Crippen molar-refractivity contribution >= 4 is 125 Å². The van der Waals surface area contributed by atoms with Crippen LogP contribution >= 0.6 is 23.5 Å². The number of aliphatic carboxylic acids is 1. The van der Waals surface area contributed by atoms with Gasteiger partial charge >= 0.3 is 53.7 Å². The van der Waals surface area contributed by atoms with E-state index in [2.05, 4.69) is 98.4 Å². The molecule has 0 aliphatic rings. The molecule has 0 radical (unpaired) electrons. The van der Waals surface area contributed by atoms with Crippen LogP contribution < -0.4 is 37.2 Å². The molecule has 117 heavy (non-hydrogen) atoms. The largest absolute Gasteiger partial charge is 0.481 e. The number of ether oxygens (including phenoxy) is 10. The van der Waals surface area contributed by atoms with Gasteiger partial charge in [0, 0.05) is 189 Å². The maximum absolute atomic E-state index is 10.2. The molecule has 7 amide bonds. The van der Waals surface area contributed by atoms with Gasteiger partial charge in [0.15, 0.2) is 0 Å². The number of rotatable bonds is 30. The molecular formula is C77H162N8O30S2. The predicted octanol–water partition coefficient (Wildman–Crippen LogP) is 6.35. The Balaban J connectivity index is -0.0000000607. The first-order chi connectivity index (χ1) is 54.1. The number of amides is 7. The Kier molecular flexibility index (Phi) is 175. The number of nitrogens with zero attached hydrogens (tertiary/aromatic N) is 1. The number of hydrogen-bond acceptors (Lipinski definition) is 32. The van der Waals surface area contributed by atoms with Crippen LogP contribution in [0.2, 0.25) is 0 Å². The van der Waals surface area contributed by atoms with Gasteiger partial charge in [-0.3, -0.25) is 81.5 Å². The molecule has 0 aromatic rings. The molecule has 702 valence electrons. The Labute approximate surface area is 710 Å². The summed E-state index contributed by atoms with van der Waals surface area (Å²) in [4.78, 5) is 171. The summed E-state index contributed by atoms with van der Waals surface area (Å²) in [6.07, 6.45) is 10.2. The lowest BCUT2D eigenvalue weighted by molar-refractivity contribution is -0.145. The average molecular weight is 1740 g/mol. The van der Waals surface area contributed by atoms with E-state index in [0.29, 0.717) is 52.8 Å². The zero-order valence-corrected chi connectivity index (χ0v) is 79.4. The van der Waals surface area contributed by atoms with Crippen molar-refractivity contribution in [2.45, 2.75) is 238 Å². The number of aliphatic hydroxyl groups is 2. The van der Waals surface area contributed by atoms with Crippen LogP contribution in [-0.2, 0) is 129 Å². The summed E-state index contributed by atoms with van der Waals surface area (Å²) in [5, 5.41) is 41.6. The number of esters is 9. The van der Waals surface area contributed by atoms with E-state index >= 15 is 0 Å². The third kappa shape index (κ3) is 375. The zero-order valence-electron chi connectivity index (χ0n) is 77.8. The molecule has 0 bridgehead atoms. The van der Waals surface area contributed by atoms with Gasteiger partial charge in [0.25, 0.3) is 5.97 Å². The van der Waals surface area contributed by atoms with Crippen molar-refractivity contribution in [2.24, 2.45) is 0 Å². The van der Waals surface area contributed by atoms with Crippen LogP contribution in [0.1, 0.15) is 225 Å². The normalized spacial score (nSPS) is 8.40. The number of carboxylic acid groups (broad SMARTS) is 1. The smallest absolute Gasteiger partial charge is 0.302 e. The maximum atomic E-state index is 10.2. The summed E-state index contributed by atoms with van der Waals surface area (Å²) in [5.41, 5.74) is 0. The molecule has 0 atom stereocenters. The van der Waals surface area contributed by atoms with Gasteiger partial charge in [0.1, 0.15) is 26.4 Å². The lowest BCUT2D eigenvalue weighted by Gasteiger charge is -2.07. The van der Waals surface area contributed by atoms with Crippen LogP contribution in [0.3, 0.4) is 0 Å². The lowest BCUT2D eigenvalue weighted by Crippen LogP contribution is -2.27. The third-order valence-electron chi connectivity index (χ3n) is 8.74. The highest BCUT2D eigenvalue weighted by atomic mass is 32.2. The number of likely N-dealkylation sites (N-methyl/N-ethyl adjacent to an activating group) is 1. The van der Waals surface area contributed by atoms with Crippen molar-refractivity contribution in [3.05, 3.63) is 0 Å². The van der Waals surface area contributed by atoms with Crippen LogP contribution in [0.5, 0.6) is 0 Å². The molecule has 38 nitrogen and oxygen atoms in total. The molecule has 0 aliphatic carbocycles. The standard InChI is InChI=1S/C6H13NO2.C6H13NO.C6H12O2.C5H11NOS.2C5H11NO.C5H10O3.C5H10O2S.2C5H10O2.C4H9NO2.C4H9NO.C4H8O3.C4H8O2.C3H7NO.C3H6O2.C2H4O2/c1-6(8)9-5-4-7(2)3;1-3-4-5-7-6(2)8;1-3-4-5-8-6(2)7;1-5(7)6-3-4-8-2;1-4(2)6-5(3)7;1-3-4-6-5(2)7;1-5(6)8-4-3-7-2;1-5(6)7-3-4-8-2;1-4(2)7-5(3)6;1-3-4-7-5(2)6;1-4(7)5-2-3-6;1-3-5-4(2)6;1-4(6)7-3-2-5;1-3-6-4(2)5;1-3(5)4-2;1-3(4)5-2;1-2(3)4/h4-5H2,1-3H3;3-5H2,1-2H3,(H,7,8);3-5H2,1-2H3;3-4H2,1-2H3,(H,6,7);4H,1-3H3,(H,6,7);3-4H2,1-2H3,(H,6,7);2*3-4H2,1-2H3;4H,1-3H3;3-4H2,1-2H3;6H,2-3H2,1H3,(H,5,7);3H2,1-2H3,(H,5,6);5H,2-3H2,1H3;3H2,1-2H3;1-2H3,(H,4,5);1-2H3;1H3,(H,3,4). The molecule has 0 saturated carbocycles. The second-order valence-corrected chi connectivity index (χ2v) is 24.4. The number of hydrogen-bond donors (Lipinski definition) is 10. The molecule has 0 aromatic heterocycles. The number of carbonyl (C=O) groups excluding carboxylic acids is 16. The second kappa shape index (κ2) is 137. The van der Waals surface area contributed by atoms with Crippen molar-refractivity contribution in [1.82, 2.24) is 42.1 Å². The highest BCUT2D eigenvalue weighted by molar-refractivity contribution is 7.98. The maximum Gasteiger partial charge on any atom is 0.302 e.